The van der Waals surface area contributed by atoms with Crippen molar-refractivity contribution in [3.8, 4) is 0 Å². The Morgan fingerprint density at radius 2 is 2.17 bits per heavy atom. The topological polar surface area (TPSA) is 63.8 Å². The van der Waals surface area contributed by atoms with E-state index in [2.05, 4.69) is 4.98 Å². The molecule has 0 amide bonds. The van der Waals surface area contributed by atoms with Crippen LogP contribution in [-0.4, -0.2) is 16.1 Å². The fourth-order valence-corrected chi connectivity index (χ4v) is 1.28. The van der Waals surface area contributed by atoms with Crippen molar-refractivity contribution in [1.82, 2.24) is 9.55 Å². The molecule has 1 atom stereocenters. The fraction of sp³-hybridized carbons (Fsp3) is 0.625. The van der Waals surface area contributed by atoms with Gasteiger partial charge in [-0.25, -0.2) is 4.79 Å². The van der Waals surface area contributed by atoms with Gasteiger partial charge in [-0.1, -0.05) is 0 Å². The van der Waals surface area contributed by atoms with E-state index in [1.165, 1.54) is 0 Å². The van der Waals surface area contributed by atoms with E-state index in [4.69, 9.17) is 5.73 Å². The van der Waals surface area contributed by atoms with Crippen LogP contribution in [0, 0.1) is 13.8 Å². The molecule has 0 fully saturated rings. The van der Waals surface area contributed by atoms with Gasteiger partial charge in [-0.2, -0.15) is 0 Å². The van der Waals surface area contributed by atoms with E-state index < -0.39 is 0 Å². The van der Waals surface area contributed by atoms with Gasteiger partial charge in [0.2, 0.25) is 0 Å². The molecule has 1 rings (SSSR count). The lowest BCUT2D eigenvalue weighted by Gasteiger charge is -2.10. The number of hydrogen-bond donors (Lipinski definition) is 2. The van der Waals surface area contributed by atoms with E-state index in [0.717, 1.165) is 11.4 Å². The van der Waals surface area contributed by atoms with Gasteiger partial charge in [-0.15, -0.1) is 0 Å². The number of aryl methyl sites for hydroxylation is 1. The Hall–Kier alpha value is -1.03. The molecule has 0 aromatic carbocycles. The second-order valence-corrected chi connectivity index (χ2v) is 3.10. The molecule has 1 aromatic heterocycles. The van der Waals surface area contributed by atoms with Crippen LogP contribution in [0.4, 0.5) is 0 Å². The molecule has 1 aromatic rings. The Morgan fingerprint density at radius 1 is 1.58 bits per heavy atom. The molecule has 68 valence electrons. The lowest BCUT2D eigenvalue weighted by Crippen LogP contribution is -2.26. The van der Waals surface area contributed by atoms with Crippen LogP contribution in [0.25, 0.3) is 0 Å². The van der Waals surface area contributed by atoms with Crippen molar-refractivity contribution in [2.75, 3.05) is 6.54 Å². The van der Waals surface area contributed by atoms with Gasteiger partial charge in [0, 0.05) is 24.0 Å². The minimum atomic E-state index is -0.0667. The average Bonchev–Trinajstić information content (AvgIpc) is 2.26. The van der Waals surface area contributed by atoms with Crippen LogP contribution >= 0.6 is 0 Å². The lowest BCUT2D eigenvalue weighted by atomic mass is 10.3. The van der Waals surface area contributed by atoms with Crippen molar-refractivity contribution in [3.05, 3.63) is 21.9 Å². The van der Waals surface area contributed by atoms with Crippen molar-refractivity contribution in [2.45, 2.75) is 26.8 Å². The quantitative estimate of drug-likeness (QED) is 0.669. The van der Waals surface area contributed by atoms with Gasteiger partial charge in [0.1, 0.15) is 0 Å². The molecule has 0 bridgehead atoms. The van der Waals surface area contributed by atoms with E-state index in [1.54, 1.807) is 4.57 Å². The molecule has 4 nitrogen and oxygen atoms in total. The van der Waals surface area contributed by atoms with Crippen molar-refractivity contribution >= 4 is 0 Å². The maximum absolute atomic E-state index is 11.3. The second-order valence-electron chi connectivity index (χ2n) is 3.10. The molecule has 0 aliphatic rings. The molecule has 0 saturated heterocycles. The normalized spacial score (nSPS) is 13.3. The summed E-state index contributed by atoms with van der Waals surface area (Å²) in [6.45, 7) is 6.22. The van der Waals surface area contributed by atoms with Gasteiger partial charge in [-0.05, 0) is 20.8 Å². The summed E-state index contributed by atoms with van der Waals surface area (Å²) in [6.07, 6.45) is 0. The monoisotopic (exact) mass is 169 g/mol. The van der Waals surface area contributed by atoms with E-state index in [0.29, 0.717) is 6.54 Å². The lowest BCUT2D eigenvalue weighted by molar-refractivity contribution is 0.530. The number of nitrogens with zero attached hydrogens (tertiary/aromatic N) is 1. The third-order valence-corrected chi connectivity index (χ3v) is 2.20. The van der Waals surface area contributed by atoms with Gasteiger partial charge >= 0.3 is 5.69 Å². The SMILES string of the molecule is Cc1[nH]c(=O)n(C(C)CN)c1C. The number of hydrogen-bond acceptors (Lipinski definition) is 2. The van der Waals surface area contributed by atoms with E-state index in [1.807, 2.05) is 20.8 Å². The molecule has 0 aliphatic heterocycles. The summed E-state index contributed by atoms with van der Waals surface area (Å²) in [7, 11) is 0. The first-order chi connectivity index (χ1) is 5.57. The van der Waals surface area contributed by atoms with Crippen LogP contribution in [0.1, 0.15) is 24.4 Å². The van der Waals surface area contributed by atoms with Gasteiger partial charge < -0.3 is 10.7 Å². The number of aromatic nitrogens is 2. The van der Waals surface area contributed by atoms with E-state index in [9.17, 15) is 4.79 Å². The van der Waals surface area contributed by atoms with Crippen molar-refractivity contribution in [3.63, 3.8) is 0 Å². The molecule has 0 radical (unpaired) electrons. The average molecular weight is 169 g/mol. The Kier molecular flexibility index (Phi) is 2.38. The summed E-state index contributed by atoms with van der Waals surface area (Å²) < 4.78 is 1.69. The fourth-order valence-electron chi connectivity index (χ4n) is 1.28. The van der Waals surface area contributed by atoms with Crippen LogP contribution in [-0.2, 0) is 0 Å². The number of nitrogens with two attached hydrogens (primary N) is 1. The summed E-state index contributed by atoms with van der Waals surface area (Å²) in [5.41, 5.74) is 7.30. The minimum absolute atomic E-state index is 0.0667. The predicted molar refractivity (Wildman–Crippen MR) is 48.3 cm³/mol. The largest absolute Gasteiger partial charge is 0.328 e. The summed E-state index contributed by atoms with van der Waals surface area (Å²) in [4.78, 5) is 14.1. The van der Waals surface area contributed by atoms with Gasteiger partial charge in [0.15, 0.2) is 0 Å². The van der Waals surface area contributed by atoms with Crippen molar-refractivity contribution < 1.29 is 0 Å². The third kappa shape index (κ3) is 1.30. The Labute approximate surface area is 71.4 Å². The number of aromatic amines is 1. The molecule has 0 spiro atoms. The molecular weight excluding hydrogens is 154 g/mol. The standard InChI is InChI=1S/C8H15N3O/c1-5(4-9)11-7(3)6(2)10-8(11)12/h5H,4,9H2,1-3H3,(H,10,12). The first-order valence-corrected chi connectivity index (χ1v) is 4.05. The summed E-state index contributed by atoms with van der Waals surface area (Å²) in [6, 6.07) is 0.0717. The molecule has 1 unspecified atom stereocenters. The number of nitrogens with one attached hydrogen (secondary N) is 1. The van der Waals surface area contributed by atoms with E-state index >= 15 is 0 Å². The van der Waals surface area contributed by atoms with Crippen LogP contribution in [0.15, 0.2) is 4.79 Å². The smallest absolute Gasteiger partial charge is 0.326 e. The Balaban J connectivity index is 3.22. The molecule has 3 N–H and O–H groups in total. The zero-order chi connectivity index (χ0) is 9.30. The highest BCUT2D eigenvalue weighted by molar-refractivity contribution is 5.09. The molecule has 12 heavy (non-hydrogen) atoms. The maximum atomic E-state index is 11.3. The minimum Gasteiger partial charge on any atom is -0.328 e. The Morgan fingerprint density at radius 3 is 2.50 bits per heavy atom. The first-order valence-electron chi connectivity index (χ1n) is 4.05. The highest BCUT2D eigenvalue weighted by Crippen LogP contribution is 2.06. The Bertz CT molecular complexity index is 324. The molecule has 4 heteroatoms. The van der Waals surface area contributed by atoms with E-state index in [-0.39, 0.29) is 11.7 Å². The van der Waals surface area contributed by atoms with Crippen molar-refractivity contribution in [2.24, 2.45) is 5.73 Å². The number of rotatable bonds is 2. The van der Waals surface area contributed by atoms with Crippen molar-refractivity contribution in [1.29, 1.82) is 0 Å². The molecule has 1 heterocycles. The molecule has 0 aliphatic carbocycles. The predicted octanol–water partition coefficient (Wildman–Crippen LogP) is 0.313. The van der Waals surface area contributed by atoms with Crippen LogP contribution < -0.4 is 11.4 Å². The highest BCUT2D eigenvalue weighted by atomic mass is 16.1. The zero-order valence-electron chi connectivity index (χ0n) is 7.72. The zero-order valence-corrected chi connectivity index (χ0v) is 7.72. The number of imidazole rings is 1. The molecule has 0 saturated carbocycles. The second kappa shape index (κ2) is 3.15. The first kappa shape index (κ1) is 9.06. The molecular formula is C8H15N3O. The van der Waals surface area contributed by atoms with Gasteiger partial charge in [-0.3, -0.25) is 4.57 Å². The number of H-pyrrole nitrogens is 1. The summed E-state index contributed by atoms with van der Waals surface area (Å²) >= 11 is 0. The third-order valence-electron chi connectivity index (χ3n) is 2.20. The highest BCUT2D eigenvalue weighted by Gasteiger charge is 2.10. The summed E-state index contributed by atoms with van der Waals surface area (Å²) in [5.74, 6) is 0. The van der Waals surface area contributed by atoms with Crippen LogP contribution in [0.2, 0.25) is 0 Å². The maximum Gasteiger partial charge on any atom is 0.326 e. The van der Waals surface area contributed by atoms with Crippen LogP contribution in [0.3, 0.4) is 0 Å². The summed E-state index contributed by atoms with van der Waals surface area (Å²) in [5, 5.41) is 0. The van der Waals surface area contributed by atoms with Gasteiger partial charge in [0.25, 0.3) is 0 Å². The van der Waals surface area contributed by atoms with Crippen LogP contribution in [0.5, 0.6) is 0 Å². The van der Waals surface area contributed by atoms with Gasteiger partial charge in [0.05, 0.1) is 0 Å².